The molecule has 0 amide bonds. The van der Waals surface area contributed by atoms with E-state index in [2.05, 4.69) is 44.1 Å². The molecule has 0 atom stereocenters. The third kappa shape index (κ3) is 5.02. The quantitative estimate of drug-likeness (QED) is 0.485. The van der Waals surface area contributed by atoms with E-state index in [4.69, 9.17) is 13.6 Å². The molecule has 0 aromatic rings. The molecule has 0 aromatic carbocycles. The highest BCUT2D eigenvalue weighted by Gasteiger charge is 2.44. The molecule has 0 spiro atoms. The largest absolute Gasteiger partial charge is 0.370 e. The van der Waals surface area contributed by atoms with E-state index in [0.29, 0.717) is 5.90 Å². The molecule has 0 aliphatic rings. The van der Waals surface area contributed by atoms with Crippen molar-refractivity contribution >= 4 is 54.5 Å². The highest BCUT2D eigenvalue weighted by atomic mass is 127. The van der Waals surface area contributed by atoms with Crippen LogP contribution in [0.15, 0.2) is 0 Å². The third-order valence-electron chi connectivity index (χ3n) is 1.16. The first-order chi connectivity index (χ1) is 5.39. The Morgan fingerprint density at radius 3 is 1.92 bits per heavy atom. The molecule has 74 valence electrons. The summed E-state index contributed by atoms with van der Waals surface area (Å²) in [7, 11) is 1.45. The van der Waals surface area contributed by atoms with E-state index in [1.54, 1.807) is 7.11 Å². The molecular weight excluding hydrogens is 428 g/mol. The van der Waals surface area contributed by atoms with Crippen LogP contribution in [-0.4, -0.2) is 27.2 Å². The summed E-state index contributed by atoms with van der Waals surface area (Å²) < 4.78 is 24.7. The van der Waals surface area contributed by atoms with Gasteiger partial charge in [-0.05, 0) is 0 Å². The van der Waals surface area contributed by atoms with Gasteiger partial charge in [0.1, 0.15) is 0 Å². The number of hydrogen-bond donors (Lipinski definition) is 0. The molecule has 8 heteroatoms. The van der Waals surface area contributed by atoms with Crippen LogP contribution in [0.2, 0.25) is 0 Å². The van der Waals surface area contributed by atoms with Gasteiger partial charge in [-0.25, -0.2) is 4.52 Å². The van der Waals surface area contributed by atoms with Crippen LogP contribution in [0.1, 0.15) is 0 Å². The molecular formula is C4H11I2O4P2+. The molecule has 12 heavy (non-hydrogen) atoms. The second-order valence-electron chi connectivity index (χ2n) is 1.87. The summed E-state index contributed by atoms with van der Waals surface area (Å²) in [6, 6.07) is 0. The van der Waals surface area contributed by atoms with E-state index in [9.17, 15) is 4.57 Å². The topological polar surface area (TPSA) is 44.8 Å². The number of halogens is 2. The average Bonchev–Trinajstić information content (AvgIpc) is 2.04. The lowest BCUT2D eigenvalue weighted by Crippen LogP contribution is -1.95. The van der Waals surface area contributed by atoms with E-state index < -0.39 is 10.4 Å². The minimum Gasteiger partial charge on any atom is -0.309 e. The Kier molecular flexibility index (Phi) is 6.74. The maximum atomic E-state index is 11.6. The van der Waals surface area contributed by atoms with Gasteiger partial charge in [-0.15, -0.1) is 0 Å². The lowest BCUT2D eigenvalue weighted by Gasteiger charge is -2.15. The maximum absolute atomic E-state index is 11.6. The minimum absolute atomic E-state index is 0.338. The van der Waals surface area contributed by atoms with Gasteiger partial charge >= 0.3 is 7.60 Å². The Balaban J connectivity index is 4.31. The molecule has 0 fully saturated rings. The zero-order valence-corrected chi connectivity index (χ0v) is 13.1. The summed E-state index contributed by atoms with van der Waals surface area (Å²) in [6.07, 6.45) is 0. The molecule has 0 aliphatic heterocycles. The maximum Gasteiger partial charge on any atom is 0.370 e. The van der Waals surface area contributed by atoms with Crippen LogP contribution < -0.4 is 0 Å². The molecule has 0 unspecified atom stereocenters. The molecule has 0 saturated heterocycles. The van der Waals surface area contributed by atoms with Crippen molar-refractivity contribution in [3.8, 4) is 0 Å². The molecule has 0 bridgehead atoms. The molecule has 4 nitrogen and oxygen atoms in total. The third-order valence-corrected chi connectivity index (χ3v) is 13.4. The van der Waals surface area contributed by atoms with Crippen molar-refractivity contribution in [2.45, 2.75) is 0 Å². The number of hydrogen-bond acceptors (Lipinski definition) is 4. The molecule has 0 rings (SSSR count). The van der Waals surface area contributed by atoms with Crippen LogP contribution in [0.3, 0.4) is 0 Å². The normalized spacial score (nSPS) is 13.4. The smallest absolute Gasteiger partial charge is 0.309 e. The molecule has 0 radical (unpaired) electrons. The predicted molar refractivity (Wildman–Crippen MR) is 68.5 cm³/mol. The van der Waals surface area contributed by atoms with E-state index in [-0.39, 0.29) is 0 Å². The summed E-state index contributed by atoms with van der Waals surface area (Å²) in [5, 5.41) is 0. The second kappa shape index (κ2) is 5.78. The fraction of sp³-hybridized carbons (Fsp3) is 1.00. The van der Waals surface area contributed by atoms with Gasteiger partial charge in [0, 0.05) is 14.2 Å². The van der Waals surface area contributed by atoms with Gasteiger partial charge in [0.05, 0.1) is 7.11 Å². The fourth-order valence-electron chi connectivity index (χ4n) is 0.449. The Morgan fingerprint density at radius 2 is 1.67 bits per heavy atom. The number of rotatable bonds is 5. The summed E-state index contributed by atoms with van der Waals surface area (Å²) in [4.78, 5) is 0. The minimum atomic E-state index is -2.91. The van der Waals surface area contributed by atoms with Crippen LogP contribution in [-0.2, 0) is 18.1 Å². The van der Waals surface area contributed by atoms with Crippen molar-refractivity contribution < 1.29 is 18.1 Å². The Hall–Kier alpha value is 2.00. The highest BCUT2D eigenvalue weighted by molar-refractivity contribution is 14.3. The van der Waals surface area contributed by atoms with Gasteiger partial charge in [-0.3, -0.25) is 4.57 Å². The molecule has 0 saturated carbocycles. The molecule has 0 N–H and O–H groups in total. The van der Waals surface area contributed by atoms with Crippen molar-refractivity contribution in [1.29, 1.82) is 0 Å². The zero-order valence-electron chi connectivity index (χ0n) is 6.99. The lowest BCUT2D eigenvalue weighted by atomic mass is 11.8. The second-order valence-corrected chi connectivity index (χ2v) is 21.3. The summed E-state index contributed by atoms with van der Waals surface area (Å²) >= 11 is 4.31. The Labute approximate surface area is 99.0 Å². The van der Waals surface area contributed by atoms with E-state index in [1.807, 2.05) is 0 Å². The van der Waals surface area contributed by atoms with Gasteiger partial charge in [0.2, 0.25) is 50.0 Å². The van der Waals surface area contributed by atoms with Gasteiger partial charge in [-0.2, -0.15) is 0 Å². The van der Waals surface area contributed by atoms with E-state index in [1.165, 1.54) is 14.2 Å². The van der Waals surface area contributed by atoms with Crippen LogP contribution in [0.4, 0.5) is 0 Å². The highest BCUT2D eigenvalue weighted by Crippen LogP contribution is 2.81. The van der Waals surface area contributed by atoms with Crippen molar-refractivity contribution in [1.82, 2.24) is 0 Å². The molecule has 0 aliphatic carbocycles. The fourth-order valence-corrected chi connectivity index (χ4v) is 10.3. The van der Waals surface area contributed by atoms with E-state index in [0.717, 1.165) is 0 Å². The van der Waals surface area contributed by atoms with Crippen molar-refractivity contribution in [3.63, 3.8) is 0 Å². The van der Waals surface area contributed by atoms with Gasteiger partial charge in [0.15, 0.2) is 0 Å². The SMILES string of the molecule is COP(=O)(C[P+](I)(I)OC)OC. The summed E-state index contributed by atoms with van der Waals surface area (Å²) in [6.45, 7) is 0. The van der Waals surface area contributed by atoms with Crippen molar-refractivity contribution in [3.05, 3.63) is 0 Å². The molecule has 0 aromatic heterocycles. The first-order valence-electron chi connectivity index (χ1n) is 2.93. The standard InChI is InChI=1S/C4H11I2O4P2/c1-8-11(5,6)4-12(7,9-2)10-3/h4H2,1-3H3/q+1. The van der Waals surface area contributed by atoms with E-state index >= 15 is 0 Å². The summed E-state index contributed by atoms with van der Waals surface area (Å²) in [5.41, 5.74) is 0. The van der Waals surface area contributed by atoms with Crippen LogP contribution in [0.25, 0.3) is 0 Å². The Bertz CT molecular complexity index is 178. The summed E-state index contributed by atoms with van der Waals surface area (Å²) in [5.74, 6) is 0.338. The van der Waals surface area contributed by atoms with Gasteiger partial charge in [-0.1, -0.05) is 0 Å². The molecule has 0 heterocycles. The average molecular weight is 439 g/mol. The Morgan fingerprint density at radius 1 is 1.25 bits per heavy atom. The first kappa shape index (κ1) is 14.0. The van der Waals surface area contributed by atoms with Crippen molar-refractivity contribution in [2.75, 3.05) is 27.2 Å². The van der Waals surface area contributed by atoms with Crippen molar-refractivity contribution in [2.24, 2.45) is 0 Å². The lowest BCUT2D eigenvalue weighted by molar-refractivity contribution is 0.280. The van der Waals surface area contributed by atoms with Crippen LogP contribution in [0.5, 0.6) is 0 Å². The van der Waals surface area contributed by atoms with Gasteiger partial charge < -0.3 is 9.05 Å². The monoisotopic (exact) mass is 439 g/mol. The van der Waals surface area contributed by atoms with Crippen LogP contribution >= 0.6 is 54.5 Å². The zero-order chi connectivity index (χ0) is 9.83. The first-order valence-corrected chi connectivity index (χ1v) is 12.1. The predicted octanol–water partition coefficient (Wildman–Crippen LogP) is 3.71. The van der Waals surface area contributed by atoms with Gasteiger partial charge in [0.25, 0.3) is 2.77 Å². The van der Waals surface area contributed by atoms with Crippen LogP contribution in [0, 0.1) is 0 Å².